The Bertz CT molecular complexity index is 298. The van der Waals surface area contributed by atoms with Crippen molar-refractivity contribution in [2.24, 2.45) is 0 Å². The monoisotopic (exact) mass is 261 g/mol. The summed E-state index contributed by atoms with van der Waals surface area (Å²) in [6, 6.07) is 1.86. The molecule has 72 valence electrons. The van der Waals surface area contributed by atoms with E-state index in [1.807, 2.05) is 18.5 Å². The van der Waals surface area contributed by atoms with Crippen molar-refractivity contribution >= 4 is 33.2 Å². The first-order valence-corrected chi connectivity index (χ1v) is 5.82. The summed E-state index contributed by atoms with van der Waals surface area (Å²) in [5.41, 5.74) is 0.771. The van der Waals surface area contributed by atoms with E-state index < -0.39 is 0 Å². The second-order valence-corrected chi connectivity index (χ2v) is 5.16. The lowest BCUT2D eigenvalue weighted by Crippen LogP contribution is -2.26. The Labute approximate surface area is 90.7 Å². The predicted molar refractivity (Wildman–Crippen MR) is 59.3 cm³/mol. The van der Waals surface area contributed by atoms with Crippen molar-refractivity contribution in [2.75, 3.05) is 13.6 Å². The number of hydrogen-bond donors (Lipinski definition) is 0. The van der Waals surface area contributed by atoms with Gasteiger partial charge in [-0.2, -0.15) is 0 Å². The molecule has 1 aromatic rings. The van der Waals surface area contributed by atoms with E-state index >= 15 is 0 Å². The van der Waals surface area contributed by atoms with Crippen LogP contribution in [0.1, 0.15) is 23.7 Å². The SMILES string of the molecule is CCCN(C)C(=O)c1csc(Br)c1. The predicted octanol–water partition coefficient (Wildman–Crippen LogP) is 2.99. The van der Waals surface area contributed by atoms with Gasteiger partial charge in [0.2, 0.25) is 0 Å². The van der Waals surface area contributed by atoms with Gasteiger partial charge in [-0.05, 0) is 28.4 Å². The Balaban J connectivity index is 2.67. The molecule has 0 unspecified atom stereocenters. The maximum atomic E-state index is 11.7. The maximum Gasteiger partial charge on any atom is 0.254 e. The van der Waals surface area contributed by atoms with E-state index in [2.05, 4.69) is 22.9 Å². The minimum atomic E-state index is 0.101. The molecule has 1 heterocycles. The fraction of sp³-hybridized carbons (Fsp3) is 0.444. The molecule has 0 radical (unpaired) electrons. The van der Waals surface area contributed by atoms with Gasteiger partial charge in [-0.1, -0.05) is 6.92 Å². The maximum absolute atomic E-state index is 11.7. The number of halogens is 1. The molecular formula is C9H12BrNOS. The van der Waals surface area contributed by atoms with E-state index in [0.29, 0.717) is 0 Å². The molecule has 1 amide bonds. The Morgan fingerprint density at radius 2 is 2.38 bits per heavy atom. The first-order valence-electron chi connectivity index (χ1n) is 4.14. The third kappa shape index (κ3) is 2.81. The highest BCUT2D eigenvalue weighted by Crippen LogP contribution is 2.21. The molecule has 0 saturated carbocycles. The average molecular weight is 262 g/mol. The van der Waals surface area contributed by atoms with Crippen LogP contribution in [0, 0.1) is 0 Å². The Hall–Kier alpha value is -0.350. The normalized spacial score (nSPS) is 10.1. The van der Waals surface area contributed by atoms with E-state index in [-0.39, 0.29) is 5.91 Å². The van der Waals surface area contributed by atoms with Crippen LogP contribution in [0.2, 0.25) is 0 Å². The van der Waals surface area contributed by atoms with Crippen molar-refractivity contribution < 1.29 is 4.79 Å². The van der Waals surface area contributed by atoms with Crippen molar-refractivity contribution in [2.45, 2.75) is 13.3 Å². The number of amides is 1. The lowest BCUT2D eigenvalue weighted by Gasteiger charge is -2.14. The van der Waals surface area contributed by atoms with Crippen LogP contribution in [0.3, 0.4) is 0 Å². The van der Waals surface area contributed by atoms with E-state index in [1.165, 1.54) is 11.3 Å². The number of hydrogen-bond acceptors (Lipinski definition) is 2. The molecule has 0 aliphatic rings. The molecule has 0 saturated heterocycles. The Morgan fingerprint density at radius 3 is 2.85 bits per heavy atom. The van der Waals surface area contributed by atoms with Crippen molar-refractivity contribution in [1.29, 1.82) is 0 Å². The molecule has 0 aliphatic heterocycles. The molecule has 0 aliphatic carbocycles. The first kappa shape index (κ1) is 10.7. The minimum absolute atomic E-state index is 0.101. The van der Waals surface area contributed by atoms with Gasteiger partial charge in [-0.15, -0.1) is 11.3 Å². The fourth-order valence-electron chi connectivity index (χ4n) is 1.08. The van der Waals surface area contributed by atoms with Crippen LogP contribution in [0.25, 0.3) is 0 Å². The van der Waals surface area contributed by atoms with Gasteiger partial charge < -0.3 is 4.90 Å². The third-order valence-electron chi connectivity index (χ3n) is 1.72. The molecule has 0 aromatic carbocycles. The number of nitrogens with zero attached hydrogens (tertiary/aromatic N) is 1. The van der Waals surface area contributed by atoms with Crippen LogP contribution in [-0.4, -0.2) is 24.4 Å². The number of carbonyl (C=O) groups excluding carboxylic acids is 1. The van der Waals surface area contributed by atoms with Gasteiger partial charge in [0.15, 0.2) is 0 Å². The van der Waals surface area contributed by atoms with Crippen LogP contribution in [0.5, 0.6) is 0 Å². The van der Waals surface area contributed by atoms with Gasteiger partial charge in [0, 0.05) is 19.0 Å². The summed E-state index contributed by atoms with van der Waals surface area (Å²) in [7, 11) is 1.83. The summed E-state index contributed by atoms with van der Waals surface area (Å²) in [5, 5.41) is 1.87. The van der Waals surface area contributed by atoms with E-state index in [9.17, 15) is 4.79 Å². The minimum Gasteiger partial charge on any atom is -0.342 e. The number of carbonyl (C=O) groups is 1. The molecule has 0 bridgehead atoms. The molecule has 0 atom stereocenters. The van der Waals surface area contributed by atoms with Gasteiger partial charge in [-0.25, -0.2) is 0 Å². The summed E-state index contributed by atoms with van der Waals surface area (Å²) in [5.74, 6) is 0.101. The summed E-state index contributed by atoms with van der Waals surface area (Å²) in [6.07, 6.45) is 0.994. The number of rotatable bonds is 3. The standard InChI is InChI=1S/C9H12BrNOS/c1-3-4-11(2)9(12)7-5-8(10)13-6-7/h5-6H,3-4H2,1-2H3. The zero-order chi connectivity index (χ0) is 9.84. The smallest absolute Gasteiger partial charge is 0.254 e. The van der Waals surface area contributed by atoms with Crippen LogP contribution in [0.15, 0.2) is 15.2 Å². The van der Waals surface area contributed by atoms with Gasteiger partial charge in [-0.3, -0.25) is 4.79 Å². The van der Waals surface area contributed by atoms with E-state index in [1.54, 1.807) is 4.90 Å². The second-order valence-electron chi connectivity index (χ2n) is 2.87. The topological polar surface area (TPSA) is 20.3 Å². The van der Waals surface area contributed by atoms with Gasteiger partial charge >= 0.3 is 0 Å². The fourth-order valence-corrected chi connectivity index (χ4v) is 2.21. The van der Waals surface area contributed by atoms with E-state index in [4.69, 9.17) is 0 Å². The molecule has 1 rings (SSSR count). The van der Waals surface area contributed by atoms with Crippen molar-refractivity contribution in [3.05, 3.63) is 20.8 Å². The largest absolute Gasteiger partial charge is 0.342 e. The van der Waals surface area contributed by atoms with Crippen LogP contribution in [-0.2, 0) is 0 Å². The highest BCUT2D eigenvalue weighted by molar-refractivity contribution is 9.11. The third-order valence-corrected chi connectivity index (χ3v) is 3.22. The van der Waals surface area contributed by atoms with Crippen LogP contribution >= 0.6 is 27.3 Å². The summed E-state index contributed by atoms with van der Waals surface area (Å²) < 4.78 is 1.00. The summed E-state index contributed by atoms with van der Waals surface area (Å²) in [4.78, 5) is 13.4. The van der Waals surface area contributed by atoms with Crippen molar-refractivity contribution in [3.63, 3.8) is 0 Å². The van der Waals surface area contributed by atoms with Crippen molar-refractivity contribution in [1.82, 2.24) is 4.90 Å². The van der Waals surface area contributed by atoms with E-state index in [0.717, 1.165) is 22.3 Å². The van der Waals surface area contributed by atoms with Gasteiger partial charge in [0.1, 0.15) is 0 Å². The van der Waals surface area contributed by atoms with Gasteiger partial charge in [0.25, 0.3) is 5.91 Å². The molecule has 13 heavy (non-hydrogen) atoms. The molecule has 2 nitrogen and oxygen atoms in total. The van der Waals surface area contributed by atoms with Crippen LogP contribution in [0.4, 0.5) is 0 Å². The number of thiophene rings is 1. The molecule has 4 heteroatoms. The molecular weight excluding hydrogens is 250 g/mol. The van der Waals surface area contributed by atoms with Gasteiger partial charge in [0.05, 0.1) is 9.35 Å². The highest BCUT2D eigenvalue weighted by atomic mass is 79.9. The molecule has 1 aromatic heterocycles. The Morgan fingerprint density at radius 1 is 1.69 bits per heavy atom. The lowest BCUT2D eigenvalue weighted by molar-refractivity contribution is 0.0795. The summed E-state index contributed by atoms with van der Waals surface area (Å²) in [6.45, 7) is 2.87. The Kier molecular flexibility index (Phi) is 3.93. The van der Waals surface area contributed by atoms with Crippen LogP contribution < -0.4 is 0 Å². The quantitative estimate of drug-likeness (QED) is 0.820. The molecule has 0 N–H and O–H groups in total. The average Bonchev–Trinajstić information content (AvgIpc) is 2.51. The zero-order valence-corrected chi connectivity index (χ0v) is 10.1. The second kappa shape index (κ2) is 4.77. The molecule has 0 fully saturated rings. The zero-order valence-electron chi connectivity index (χ0n) is 7.71. The lowest BCUT2D eigenvalue weighted by atomic mass is 10.3. The van der Waals surface area contributed by atoms with Crippen molar-refractivity contribution in [3.8, 4) is 0 Å². The molecule has 0 spiro atoms. The summed E-state index contributed by atoms with van der Waals surface area (Å²) >= 11 is 4.87. The highest BCUT2D eigenvalue weighted by Gasteiger charge is 2.11. The first-order chi connectivity index (χ1) is 6.15.